The summed E-state index contributed by atoms with van der Waals surface area (Å²) in [5.74, 6) is -0.647. The summed E-state index contributed by atoms with van der Waals surface area (Å²) >= 11 is 1.02. The minimum absolute atomic E-state index is 0.0102. The molecule has 3 aromatic rings. The van der Waals surface area contributed by atoms with Gasteiger partial charge < -0.3 is 9.88 Å². The van der Waals surface area contributed by atoms with Gasteiger partial charge in [-0.25, -0.2) is 0 Å². The van der Waals surface area contributed by atoms with E-state index in [0.29, 0.717) is 5.16 Å². The molecule has 0 radical (unpaired) electrons. The zero-order valence-electron chi connectivity index (χ0n) is 15.4. The maximum absolute atomic E-state index is 12.8. The number of nitro benzene ring substituents is 1. The van der Waals surface area contributed by atoms with E-state index in [1.807, 2.05) is 0 Å². The van der Waals surface area contributed by atoms with Crippen molar-refractivity contribution in [3.63, 3.8) is 0 Å². The zero-order valence-corrected chi connectivity index (χ0v) is 16.2. The van der Waals surface area contributed by atoms with Crippen LogP contribution in [0.4, 0.5) is 18.9 Å². The molecule has 1 aromatic heterocycles. The molecule has 30 heavy (non-hydrogen) atoms. The van der Waals surface area contributed by atoms with Crippen molar-refractivity contribution in [1.82, 2.24) is 20.1 Å². The van der Waals surface area contributed by atoms with E-state index in [9.17, 15) is 28.1 Å². The van der Waals surface area contributed by atoms with Gasteiger partial charge in [0, 0.05) is 25.2 Å². The number of nitrogens with one attached hydrogen (secondary N) is 1. The monoisotopic (exact) mass is 437 g/mol. The first-order valence-electron chi connectivity index (χ1n) is 8.40. The van der Waals surface area contributed by atoms with Crippen molar-refractivity contribution in [1.29, 1.82) is 0 Å². The third-order valence-electron chi connectivity index (χ3n) is 4.00. The second-order valence-electron chi connectivity index (χ2n) is 6.15. The van der Waals surface area contributed by atoms with E-state index in [1.165, 1.54) is 30.6 Å². The number of rotatable bonds is 6. The highest BCUT2D eigenvalue weighted by molar-refractivity contribution is 7.99. The summed E-state index contributed by atoms with van der Waals surface area (Å²) in [6.45, 7) is -0.161. The third kappa shape index (κ3) is 4.95. The van der Waals surface area contributed by atoms with Crippen LogP contribution in [0.25, 0.3) is 0 Å². The van der Waals surface area contributed by atoms with E-state index in [4.69, 9.17) is 0 Å². The van der Waals surface area contributed by atoms with Crippen molar-refractivity contribution in [2.75, 3.05) is 0 Å². The standard InChI is InChI=1S/C18H14F3N5O3S/c1-25-10-23-24-17(25)30-15-6-5-12(8-14(15)26(28)29)16(27)22-9-11-3-2-4-13(7-11)18(19,20)21/h2-8,10H,9H2,1H3,(H,22,27). The lowest BCUT2D eigenvalue weighted by Gasteiger charge is -2.10. The fourth-order valence-electron chi connectivity index (χ4n) is 2.49. The van der Waals surface area contributed by atoms with Crippen molar-refractivity contribution in [2.45, 2.75) is 22.8 Å². The van der Waals surface area contributed by atoms with E-state index in [-0.39, 0.29) is 28.3 Å². The maximum atomic E-state index is 12.8. The number of benzene rings is 2. The molecule has 0 saturated carbocycles. The molecule has 1 heterocycles. The molecule has 1 N–H and O–H groups in total. The molecule has 0 aliphatic heterocycles. The van der Waals surface area contributed by atoms with Gasteiger partial charge in [0.05, 0.1) is 15.4 Å². The van der Waals surface area contributed by atoms with Crippen LogP contribution in [0.15, 0.2) is 58.8 Å². The molecule has 8 nitrogen and oxygen atoms in total. The van der Waals surface area contributed by atoms with Crippen LogP contribution < -0.4 is 5.32 Å². The Morgan fingerprint density at radius 2 is 2.03 bits per heavy atom. The van der Waals surface area contributed by atoms with Crippen molar-refractivity contribution >= 4 is 23.4 Å². The molecule has 3 rings (SSSR count). The molecule has 0 saturated heterocycles. The highest BCUT2D eigenvalue weighted by atomic mass is 32.2. The molecule has 12 heteroatoms. The Balaban J connectivity index is 1.75. The van der Waals surface area contributed by atoms with E-state index in [0.717, 1.165) is 30.0 Å². The summed E-state index contributed by atoms with van der Waals surface area (Å²) in [6, 6.07) is 8.47. The quantitative estimate of drug-likeness (QED) is 0.465. The Labute approximate surface area is 172 Å². The van der Waals surface area contributed by atoms with E-state index in [1.54, 1.807) is 11.6 Å². The Hall–Kier alpha value is -3.41. The minimum atomic E-state index is -4.49. The predicted octanol–water partition coefficient (Wildman–Crippen LogP) is 3.82. The molecule has 0 aliphatic carbocycles. The summed E-state index contributed by atoms with van der Waals surface area (Å²) in [7, 11) is 1.68. The number of aryl methyl sites for hydroxylation is 1. The summed E-state index contributed by atoms with van der Waals surface area (Å²) in [4.78, 5) is 23.4. The van der Waals surface area contributed by atoms with Crippen LogP contribution >= 0.6 is 11.8 Å². The van der Waals surface area contributed by atoms with Crippen LogP contribution in [0.1, 0.15) is 21.5 Å². The van der Waals surface area contributed by atoms with Crippen LogP contribution in [0.3, 0.4) is 0 Å². The first-order chi connectivity index (χ1) is 14.1. The highest BCUT2D eigenvalue weighted by Gasteiger charge is 2.30. The Morgan fingerprint density at radius 1 is 1.27 bits per heavy atom. The van der Waals surface area contributed by atoms with Gasteiger partial charge in [0.15, 0.2) is 5.16 Å². The molecule has 0 spiro atoms. The number of hydrogen-bond acceptors (Lipinski definition) is 6. The smallest absolute Gasteiger partial charge is 0.348 e. The van der Waals surface area contributed by atoms with Gasteiger partial charge in [-0.05, 0) is 41.6 Å². The second-order valence-corrected chi connectivity index (χ2v) is 7.16. The van der Waals surface area contributed by atoms with E-state index >= 15 is 0 Å². The van der Waals surface area contributed by atoms with Crippen LogP contribution in [-0.2, 0) is 19.8 Å². The molecule has 156 valence electrons. The van der Waals surface area contributed by atoms with Crippen LogP contribution in [0, 0.1) is 10.1 Å². The van der Waals surface area contributed by atoms with Gasteiger partial charge in [0.2, 0.25) is 0 Å². The fraction of sp³-hybridized carbons (Fsp3) is 0.167. The Morgan fingerprint density at radius 3 is 2.67 bits per heavy atom. The summed E-state index contributed by atoms with van der Waals surface area (Å²) in [6.07, 6.45) is -3.04. The molecule has 0 fully saturated rings. The average molecular weight is 437 g/mol. The molecule has 0 bridgehead atoms. The van der Waals surface area contributed by atoms with Crippen LogP contribution in [-0.4, -0.2) is 25.6 Å². The first-order valence-corrected chi connectivity index (χ1v) is 9.21. The topological polar surface area (TPSA) is 103 Å². The normalized spacial score (nSPS) is 11.3. The van der Waals surface area contributed by atoms with E-state index < -0.39 is 22.6 Å². The lowest BCUT2D eigenvalue weighted by molar-refractivity contribution is -0.387. The number of alkyl halides is 3. The van der Waals surface area contributed by atoms with Gasteiger partial charge >= 0.3 is 6.18 Å². The SMILES string of the molecule is Cn1cnnc1Sc1ccc(C(=O)NCc2cccc(C(F)(F)F)c2)cc1[N+](=O)[O-]. The summed E-state index contributed by atoms with van der Waals surface area (Å²) in [5, 5.41) is 21.9. The fourth-order valence-corrected chi connectivity index (χ4v) is 3.34. The number of hydrogen-bond donors (Lipinski definition) is 1. The number of aromatic nitrogens is 3. The Kier molecular flexibility index (Phi) is 6.06. The molecule has 0 unspecified atom stereocenters. The first kappa shape index (κ1) is 21.3. The summed E-state index contributed by atoms with van der Waals surface area (Å²) in [5.41, 5.74) is -0.858. The summed E-state index contributed by atoms with van der Waals surface area (Å²) < 4.78 is 39.9. The van der Waals surface area contributed by atoms with Gasteiger partial charge in [-0.3, -0.25) is 14.9 Å². The lowest BCUT2D eigenvalue weighted by Crippen LogP contribution is -2.23. The van der Waals surface area contributed by atoms with Gasteiger partial charge in [0.1, 0.15) is 6.33 Å². The molecular weight excluding hydrogens is 423 g/mol. The van der Waals surface area contributed by atoms with Gasteiger partial charge in [0.25, 0.3) is 11.6 Å². The number of nitrogens with zero attached hydrogens (tertiary/aromatic N) is 4. The number of nitro groups is 1. The maximum Gasteiger partial charge on any atom is 0.416 e. The van der Waals surface area contributed by atoms with E-state index in [2.05, 4.69) is 15.5 Å². The molecule has 1 amide bonds. The van der Waals surface area contributed by atoms with Gasteiger partial charge in [-0.1, -0.05) is 12.1 Å². The van der Waals surface area contributed by atoms with Gasteiger partial charge in [-0.2, -0.15) is 13.2 Å². The van der Waals surface area contributed by atoms with Crippen molar-refractivity contribution < 1.29 is 22.9 Å². The lowest BCUT2D eigenvalue weighted by atomic mass is 10.1. The highest BCUT2D eigenvalue weighted by Crippen LogP contribution is 2.34. The number of carbonyl (C=O) groups excluding carboxylic acids is 1. The molecular formula is C18H14F3N5O3S. The Bertz CT molecular complexity index is 1100. The minimum Gasteiger partial charge on any atom is -0.348 e. The van der Waals surface area contributed by atoms with Gasteiger partial charge in [-0.15, -0.1) is 10.2 Å². The molecule has 0 aliphatic rings. The number of halogens is 3. The van der Waals surface area contributed by atoms with Crippen molar-refractivity contribution in [3.8, 4) is 0 Å². The largest absolute Gasteiger partial charge is 0.416 e. The van der Waals surface area contributed by atoms with Crippen molar-refractivity contribution in [3.05, 3.63) is 75.6 Å². The van der Waals surface area contributed by atoms with Crippen LogP contribution in [0.2, 0.25) is 0 Å². The third-order valence-corrected chi connectivity index (χ3v) is 5.11. The predicted molar refractivity (Wildman–Crippen MR) is 101 cm³/mol. The molecule has 0 atom stereocenters. The molecule has 2 aromatic carbocycles. The van der Waals surface area contributed by atoms with Crippen molar-refractivity contribution in [2.24, 2.45) is 7.05 Å². The zero-order chi connectivity index (χ0) is 21.9. The second kappa shape index (κ2) is 8.53. The average Bonchev–Trinajstić information content (AvgIpc) is 3.10. The number of amides is 1. The van der Waals surface area contributed by atoms with Crippen LogP contribution in [0.5, 0.6) is 0 Å². The number of carbonyl (C=O) groups is 1.